The molecule has 1 aromatic carbocycles. The lowest BCUT2D eigenvalue weighted by molar-refractivity contribution is 0.403. The minimum Gasteiger partial charge on any atom is -0.495 e. The van der Waals surface area contributed by atoms with Gasteiger partial charge in [0, 0.05) is 15.5 Å². The molecule has 0 aliphatic heterocycles. The van der Waals surface area contributed by atoms with Crippen molar-refractivity contribution in [3.8, 4) is 5.75 Å². The topological polar surface area (TPSA) is 21.3 Å². The van der Waals surface area contributed by atoms with Crippen LogP contribution in [-0.4, -0.2) is 14.2 Å². The molecule has 0 saturated carbocycles. The van der Waals surface area contributed by atoms with Gasteiger partial charge in [0.2, 0.25) is 0 Å². The molecule has 2 aromatic rings. The predicted molar refractivity (Wildman–Crippen MR) is 93.4 cm³/mol. The first kappa shape index (κ1) is 16.3. The second-order valence-electron chi connectivity index (χ2n) is 4.34. The van der Waals surface area contributed by atoms with Gasteiger partial charge in [-0.15, -0.1) is 11.3 Å². The van der Waals surface area contributed by atoms with Gasteiger partial charge in [0.15, 0.2) is 0 Å². The van der Waals surface area contributed by atoms with Crippen LogP contribution in [0.4, 0.5) is 0 Å². The number of benzene rings is 1. The van der Waals surface area contributed by atoms with Gasteiger partial charge in [-0.05, 0) is 69.6 Å². The van der Waals surface area contributed by atoms with Crippen molar-refractivity contribution in [1.29, 1.82) is 0 Å². The Morgan fingerprint density at radius 3 is 2.50 bits per heavy atom. The SMILES string of the molecule is CNC(c1cc(C)c(Br)s1)c1cc(Cl)cc(Br)c1OC. The largest absolute Gasteiger partial charge is 0.495 e. The Bertz CT molecular complexity index is 610. The van der Waals surface area contributed by atoms with Gasteiger partial charge in [-0.3, -0.25) is 0 Å². The molecule has 20 heavy (non-hydrogen) atoms. The maximum atomic E-state index is 6.18. The highest BCUT2D eigenvalue weighted by Gasteiger charge is 2.21. The van der Waals surface area contributed by atoms with Crippen molar-refractivity contribution in [2.24, 2.45) is 0 Å². The number of thiophene rings is 1. The van der Waals surface area contributed by atoms with Crippen LogP contribution in [0.3, 0.4) is 0 Å². The molecular weight excluding hydrogens is 425 g/mol. The van der Waals surface area contributed by atoms with Gasteiger partial charge >= 0.3 is 0 Å². The molecule has 2 nitrogen and oxygen atoms in total. The lowest BCUT2D eigenvalue weighted by Crippen LogP contribution is -2.17. The predicted octanol–water partition coefficient (Wildman–Crippen LogP) is 5.55. The van der Waals surface area contributed by atoms with Crippen LogP contribution < -0.4 is 10.1 Å². The van der Waals surface area contributed by atoms with E-state index >= 15 is 0 Å². The molecule has 0 fully saturated rings. The first-order chi connectivity index (χ1) is 9.47. The van der Waals surface area contributed by atoms with Crippen LogP contribution in [0.5, 0.6) is 5.75 Å². The Labute approximate surface area is 144 Å². The van der Waals surface area contributed by atoms with Crippen molar-refractivity contribution >= 4 is 54.8 Å². The fourth-order valence-corrected chi connectivity index (χ4v) is 4.78. The normalized spacial score (nSPS) is 12.5. The summed E-state index contributed by atoms with van der Waals surface area (Å²) in [4.78, 5) is 1.21. The quantitative estimate of drug-likeness (QED) is 0.674. The molecule has 1 unspecified atom stereocenters. The van der Waals surface area contributed by atoms with E-state index in [1.165, 1.54) is 10.4 Å². The molecule has 0 bridgehead atoms. The number of nitrogens with one attached hydrogen (secondary N) is 1. The van der Waals surface area contributed by atoms with Crippen molar-refractivity contribution in [3.63, 3.8) is 0 Å². The Balaban J connectivity index is 2.57. The highest BCUT2D eigenvalue weighted by atomic mass is 79.9. The fourth-order valence-electron chi connectivity index (χ4n) is 2.09. The van der Waals surface area contributed by atoms with E-state index in [9.17, 15) is 0 Å². The summed E-state index contributed by atoms with van der Waals surface area (Å²) >= 11 is 15.0. The maximum Gasteiger partial charge on any atom is 0.138 e. The summed E-state index contributed by atoms with van der Waals surface area (Å²) in [5, 5.41) is 4.02. The molecule has 108 valence electrons. The molecule has 0 spiro atoms. The Hall–Kier alpha value is -0.0700. The second kappa shape index (κ2) is 6.79. The molecule has 1 N–H and O–H groups in total. The molecule has 1 atom stereocenters. The highest BCUT2D eigenvalue weighted by molar-refractivity contribution is 9.11. The summed E-state index contributed by atoms with van der Waals surface area (Å²) in [5.74, 6) is 0.802. The molecule has 1 heterocycles. The van der Waals surface area contributed by atoms with Gasteiger partial charge in [-0.1, -0.05) is 11.6 Å². The van der Waals surface area contributed by atoms with E-state index in [2.05, 4.69) is 50.2 Å². The monoisotopic (exact) mass is 437 g/mol. The molecule has 0 aliphatic carbocycles. The zero-order chi connectivity index (χ0) is 14.9. The van der Waals surface area contributed by atoms with E-state index in [-0.39, 0.29) is 6.04 Å². The van der Waals surface area contributed by atoms with Crippen LogP contribution in [0.1, 0.15) is 22.0 Å². The van der Waals surface area contributed by atoms with Crippen LogP contribution in [0.15, 0.2) is 26.5 Å². The van der Waals surface area contributed by atoms with Gasteiger partial charge in [0.05, 0.1) is 21.4 Å². The van der Waals surface area contributed by atoms with E-state index < -0.39 is 0 Å². The Morgan fingerprint density at radius 2 is 2.00 bits per heavy atom. The molecule has 0 amide bonds. The van der Waals surface area contributed by atoms with Gasteiger partial charge in [0.1, 0.15) is 5.75 Å². The molecule has 2 rings (SSSR count). The summed E-state index contributed by atoms with van der Waals surface area (Å²) in [6.45, 7) is 2.09. The number of hydrogen-bond donors (Lipinski definition) is 1. The van der Waals surface area contributed by atoms with E-state index in [0.717, 1.165) is 19.6 Å². The van der Waals surface area contributed by atoms with Crippen LogP contribution in [0.2, 0.25) is 5.02 Å². The molecule has 0 saturated heterocycles. The first-order valence-corrected chi connectivity index (χ1v) is 8.72. The number of ether oxygens (including phenoxy) is 1. The zero-order valence-corrected chi connectivity index (χ0v) is 16.0. The van der Waals surface area contributed by atoms with Crippen molar-refractivity contribution in [1.82, 2.24) is 5.32 Å². The minimum atomic E-state index is 0.0370. The maximum absolute atomic E-state index is 6.18. The summed E-state index contributed by atoms with van der Waals surface area (Å²) in [7, 11) is 3.60. The molecule has 0 radical (unpaired) electrons. The van der Waals surface area contributed by atoms with E-state index in [0.29, 0.717) is 5.02 Å². The van der Waals surface area contributed by atoms with Gasteiger partial charge in [0.25, 0.3) is 0 Å². The van der Waals surface area contributed by atoms with Gasteiger partial charge in [-0.2, -0.15) is 0 Å². The third kappa shape index (κ3) is 3.22. The van der Waals surface area contributed by atoms with Crippen LogP contribution in [0, 0.1) is 6.92 Å². The molecule has 1 aromatic heterocycles. The lowest BCUT2D eigenvalue weighted by Gasteiger charge is -2.19. The van der Waals surface area contributed by atoms with Crippen molar-refractivity contribution < 1.29 is 4.74 Å². The molecule has 0 aliphatic rings. The number of rotatable bonds is 4. The van der Waals surface area contributed by atoms with Crippen molar-refractivity contribution in [3.05, 3.63) is 47.5 Å². The third-order valence-corrected chi connectivity index (χ3v) is 6.01. The number of hydrogen-bond acceptors (Lipinski definition) is 3. The fraction of sp³-hybridized carbons (Fsp3) is 0.286. The Kier molecular flexibility index (Phi) is 5.54. The summed E-state index contributed by atoms with van der Waals surface area (Å²) in [5.41, 5.74) is 2.24. The lowest BCUT2D eigenvalue weighted by atomic mass is 10.0. The smallest absolute Gasteiger partial charge is 0.138 e. The second-order valence-corrected chi connectivity index (χ2v) is 8.03. The third-order valence-electron chi connectivity index (χ3n) is 3.00. The number of methoxy groups -OCH3 is 1. The van der Waals surface area contributed by atoms with Crippen molar-refractivity contribution in [2.45, 2.75) is 13.0 Å². The first-order valence-electron chi connectivity index (χ1n) is 5.94. The average molecular weight is 440 g/mol. The molecular formula is C14H14Br2ClNOS. The molecule has 6 heteroatoms. The Morgan fingerprint density at radius 1 is 1.30 bits per heavy atom. The average Bonchev–Trinajstić information content (AvgIpc) is 2.70. The van der Waals surface area contributed by atoms with Crippen LogP contribution in [0.25, 0.3) is 0 Å². The minimum absolute atomic E-state index is 0.0370. The van der Waals surface area contributed by atoms with E-state index in [4.69, 9.17) is 16.3 Å². The van der Waals surface area contributed by atoms with Crippen LogP contribution >= 0.6 is 54.8 Å². The van der Waals surface area contributed by atoms with Gasteiger partial charge in [-0.25, -0.2) is 0 Å². The number of aryl methyl sites for hydroxylation is 1. The summed E-state index contributed by atoms with van der Waals surface area (Å²) in [6, 6.07) is 5.99. The summed E-state index contributed by atoms with van der Waals surface area (Å²) < 4.78 is 7.52. The van der Waals surface area contributed by atoms with E-state index in [1.807, 2.05) is 19.2 Å². The summed E-state index contributed by atoms with van der Waals surface area (Å²) in [6.07, 6.45) is 0. The zero-order valence-electron chi connectivity index (χ0n) is 11.3. The van der Waals surface area contributed by atoms with Crippen molar-refractivity contribution in [2.75, 3.05) is 14.2 Å². The highest BCUT2D eigenvalue weighted by Crippen LogP contribution is 2.41. The van der Waals surface area contributed by atoms with E-state index in [1.54, 1.807) is 18.4 Å². The van der Waals surface area contributed by atoms with Crippen LogP contribution in [-0.2, 0) is 0 Å². The standard InChI is InChI=1S/C14H14Br2ClNOS/c1-7-4-11(20-14(7)16)12(18-2)9-5-8(17)6-10(15)13(9)19-3/h4-6,12,18H,1-3H3. The van der Waals surface area contributed by atoms with Gasteiger partial charge < -0.3 is 10.1 Å². The number of halogens is 3.